The Hall–Kier alpha value is -4.24. The first-order valence-corrected chi connectivity index (χ1v) is 19.2. The van der Waals surface area contributed by atoms with Crippen LogP contribution in [0.25, 0.3) is 11.0 Å². The number of ketones is 2. The molecular formula is C43H52N2O11. The Morgan fingerprint density at radius 3 is 2.25 bits per heavy atom. The molecule has 3 aromatic rings. The third-order valence-electron chi connectivity index (χ3n) is 12.6. The van der Waals surface area contributed by atoms with E-state index in [2.05, 4.69) is 0 Å². The lowest BCUT2D eigenvalue weighted by atomic mass is 9.74. The van der Waals surface area contributed by atoms with Crippen LogP contribution in [-0.2, 0) is 29.3 Å². The number of phenols is 1. The molecule has 0 amide bonds. The third kappa shape index (κ3) is 6.14. The van der Waals surface area contributed by atoms with Gasteiger partial charge in [0.25, 0.3) is 0 Å². The number of likely N-dealkylation sites (N-methyl/N-ethyl adjacent to an activating group) is 2. The van der Waals surface area contributed by atoms with Crippen molar-refractivity contribution < 1.29 is 48.0 Å². The SMILES string of the molecule is C/C=C/C1OC1(C)c1cc(=O)c2c(C)cc3c(c2o1)C(=O)c1c(O)c([C@H]2C[C@](C)(N(C)C)[C@H](OC(C)=O)[C@H](C)O2)cc([C@H]2C[C@@H](N(C)C)[C@H](O)[C@@H](C)O2)c1C3=O. The van der Waals surface area contributed by atoms with Crippen LogP contribution in [0.5, 0.6) is 5.75 Å². The van der Waals surface area contributed by atoms with Crippen LogP contribution in [0.1, 0.15) is 121 Å². The summed E-state index contributed by atoms with van der Waals surface area (Å²) in [7, 11) is 7.45. The van der Waals surface area contributed by atoms with Gasteiger partial charge in [-0.2, -0.15) is 0 Å². The molecule has 1 aliphatic carbocycles. The van der Waals surface area contributed by atoms with Gasteiger partial charge in [0, 0.05) is 35.7 Å². The summed E-state index contributed by atoms with van der Waals surface area (Å²) in [6, 6.07) is 4.22. The van der Waals surface area contributed by atoms with Crippen LogP contribution in [0, 0.1) is 6.92 Å². The van der Waals surface area contributed by atoms with Crippen molar-refractivity contribution in [3.05, 3.63) is 85.3 Å². The summed E-state index contributed by atoms with van der Waals surface area (Å²) in [5.74, 6) is -1.93. The zero-order valence-electron chi connectivity index (χ0n) is 33.9. The van der Waals surface area contributed by atoms with Crippen molar-refractivity contribution in [1.29, 1.82) is 0 Å². The number of epoxide rings is 1. The lowest BCUT2D eigenvalue weighted by molar-refractivity contribution is -0.201. The molecule has 3 saturated heterocycles. The Balaban J connectivity index is 1.47. The lowest BCUT2D eigenvalue weighted by Gasteiger charge is -2.50. The molecule has 4 heterocycles. The topological polar surface area (TPSA) is 169 Å². The van der Waals surface area contributed by atoms with Gasteiger partial charge in [-0.3, -0.25) is 19.2 Å². The summed E-state index contributed by atoms with van der Waals surface area (Å²) in [4.78, 5) is 60.0. The van der Waals surface area contributed by atoms with Crippen LogP contribution in [0.3, 0.4) is 0 Å². The molecule has 13 heteroatoms. The fraction of sp³-hybridized carbons (Fsp3) is 0.535. The number of nitrogens with zero attached hydrogens (tertiary/aromatic N) is 2. The summed E-state index contributed by atoms with van der Waals surface area (Å²) in [6.45, 7) is 12.2. The molecular weight excluding hydrogens is 720 g/mol. The Morgan fingerprint density at radius 2 is 1.62 bits per heavy atom. The van der Waals surface area contributed by atoms with Gasteiger partial charge in [-0.15, -0.1) is 0 Å². The van der Waals surface area contributed by atoms with Crippen molar-refractivity contribution in [3.63, 3.8) is 0 Å². The third-order valence-corrected chi connectivity index (χ3v) is 12.6. The molecule has 3 aliphatic heterocycles. The van der Waals surface area contributed by atoms with Gasteiger partial charge in [0.15, 0.2) is 16.8 Å². The van der Waals surface area contributed by atoms with Gasteiger partial charge in [-0.25, -0.2) is 0 Å². The zero-order chi connectivity index (χ0) is 40.9. The highest BCUT2D eigenvalue weighted by atomic mass is 16.6. The predicted octanol–water partition coefficient (Wildman–Crippen LogP) is 5.02. The van der Waals surface area contributed by atoms with Crippen molar-refractivity contribution in [1.82, 2.24) is 9.80 Å². The average molecular weight is 773 g/mol. The quantitative estimate of drug-likeness (QED) is 0.146. The molecule has 2 aromatic carbocycles. The Bertz CT molecular complexity index is 2240. The van der Waals surface area contributed by atoms with Crippen molar-refractivity contribution in [3.8, 4) is 5.75 Å². The first kappa shape index (κ1) is 40.0. The van der Waals surface area contributed by atoms with E-state index in [1.54, 1.807) is 33.8 Å². The van der Waals surface area contributed by atoms with E-state index in [4.69, 9.17) is 23.4 Å². The van der Waals surface area contributed by atoms with E-state index >= 15 is 9.59 Å². The summed E-state index contributed by atoms with van der Waals surface area (Å²) in [5.41, 5.74) is -1.48. The van der Waals surface area contributed by atoms with E-state index in [0.717, 1.165) is 0 Å². The standard InChI is InChI=1S/C43H52N2O11/c1-12-13-30-43(7,56-30)31-17-27(47)32-19(2)14-25-34(40(32)55-31)39(51)35-33(38(25)50)23(28-16-26(44(8)9)36(48)20(3)52-28)15-24(37(35)49)29-18-42(6,45(10)11)41(21(4)53-29)54-22(5)46/h12-15,17,20-21,26,28-30,36,41,48-49H,16,18H2,1-11H3/b13-12+/t20-,21+,26-,28-,29-,30?,36-,41-,42+,43?/m1/s1. The van der Waals surface area contributed by atoms with Crippen LogP contribution < -0.4 is 5.43 Å². The molecule has 7 rings (SSSR count). The Kier molecular flexibility index (Phi) is 9.99. The molecule has 2 unspecified atom stereocenters. The predicted molar refractivity (Wildman–Crippen MR) is 206 cm³/mol. The summed E-state index contributed by atoms with van der Waals surface area (Å²) in [5, 5.41) is 23.6. The van der Waals surface area contributed by atoms with E-state index in [1.807, 2.05) is 64.0 Å². The maximum Gasteiger partial charge on any atom is 0.303 e. The van der Waals surface area contributed by atoms with Crippen LogP contribution in [0.2, 0.25) is 0 Å². The van der Waals surface area contributed by atoms with E-state index in [1.165, 1.54) is 19.1 Å². The minimum atomic E-state index is -0.959. The zero-order valence-corrected chi connectivity index (χ0v) is 33.9. The van der Waals surface area contributed by atoms with E-state index in [0.29, 0.717) is 11.1 Å². The molecule has 1 aromatic heterocycles. The maximum atomic E-state index is 15.2. The number of carbonyl (C=O) groups excluding carboxylic acids is 3. The first-order valence-electron chi connectivity index (χ1n) is 19.2. The van der Waals surface area contributed by atoms with Gasteiger partial charge >= 0.3 is 5.97 Å². The highest BCUT2D eigenvalue weighted by molar-refractivity contribution is 6.33. The number of aliphatic hydroxyl groups is 1. The molecule has 0 bridgehead atoms. The van der Waals surface area contributed by atoms with Crippen LogP contribution in [-0.4, -0.2) is 108 Å². The monoisotopic (exact) mass is 772 g/mol. The number of esters is 1. The number of aryl methyl sites for hydroxylation is 1. The smallest absolute Gasteiger partial charge is 0.303 e. The van der Waals surface area contributed by atoms with Gasteiger partial charge in [-0.05, 0) is 106 Å². The van der Waals surface area contributed by atoms with Gasteiger partial charge in [-0.1, -0.05) is 12.2 Å². The number of hydrogen-bond donors (Lipinski definition) is 2. The molecule has 0 spiro atoms. The van der Waals surface area contributed by atoms with Gasteiger partial charge in [0.05, 0.1) is 52.6 Å². The number of benzene rings is 2. The fourth-order valence-corrected chi connectivity index (χ4v) is 9.12. The van der Waals surface area contributed by atoms with E-state index in [-0.39, 0.29) is 69.5 Å². The van der Waals surface area contributed by atoms with Crippen LogP contribution in [0.15, 0.2) is 39.6 Å². The molecule has 13 nitrogen and oxygen atoms in total. The summed E-state index contributed by atoms with van der Waals surface area (Å²) >= 11 is 0. The molecule has 10 atom stereocenters. The number of aromatic hydroxyl groups is 1. The van der Waals surface area contributed by atoms with Gasteiger partial charge in [0.2, 0.25) is 5.78 Å². The number of aliphatic hydroxyl groups excluding tert-OH is 1. The second-order valence-corrected chi connectivity index (χ2v) is 16.7. The van der Waals surface area contributed by atoms with Crippen molar-refractivity contribution >= 4 is 28.5 Å². The number of phenolic OH excluding ortho intramolecular Hbond substituents is 1. The highest BCUT2D eigenvalue weighted by Crippen LogP contribution is 2.51. The number of rotatable bonds is 7. The number of carbonyl (C=O) groups is 3. The molecule has 3 fully saturated rings. The second kappa shape index (κ2) is 14.0. The molecule has 0 radical (unpaired) electrons. The summed E-state index contributed by atoms with van der Waals surface area (Å²) < 4.78 is 31.1. The van der Waals surface area contributed by atoms with Crippen molar-refractivity contribution in [2.75, 3.05) is 28.2 Å². The summed E-state index contributed by atoms with van der Waals surface area (Å²) in [6.07, 6.45) is -0.535. The number of hydrogen-bond acceptors (Lipinski definition) is 13. The minimum absolute atomic E-state index is 0.0187. The maximum absolute atomic E-state index is 15.2. The van der Waals surface area contributed by atoms with Crippen molar-refractivity contribution in [2.24, 2.45) is 0 Å². The largest absolute Gasteiger partial charge is 0.507 e. The van der Waals surface area contributed by atoms with Gasteiger partial charge < -0.3 is 43.4 Å². The fourth-order valence-electron chi connectivity index (χ4n) is 9.12. The highest BCUT2D eigenvalue weighted by Gasteiger charge is 2.55. The van der Waals surface area contributed by atoms with E-state index < -0.39 is 76.5 Å². The molecule has 0 saturated carbocycles. The molecule has 56 heavy (non-hydrogen) atoms. The lowest BCUT2D eigenvalue weighted by Crippen LogP contribution is -2.61. The second-order valence-electron chi connectivity index (χ2n) is 16.7. The van der Waals surface area contributed by atoms with Crippen LogP contribution in [0.4, 0.5) is 0 Å². The normalized spacial score (nSPS) is 33.0. The number of ether oxygens (including phenoxy) is 4. The van der Waals surface area contributed by atoms with Crippen LogP contribution >= 0.6 is 0 Å². The Labute approximate surface area is 326 Å². The first-order chi connectivity index (χ1) is 26.2. The molecule has 4 aliphatic rings. The number of fused-ring (bicyclic) bond motifs is 4. The van der Waals surface area contributed by atoms with E-state index in [9.17, 15) is 19.8 Å². The minimum Gasteiger partial charge on any atom is -0.507 e. The van der Waals surface area contributed by atoms with Crippen molar-refractivity contribution in [2.45, 2.75) is 121 Å². The average Bonchev–Trinajstić information content (AvgIpc) is 3.78. The Morgan fingerprint density at radius 1 is 0.946 bits per heavy atom. The molecule has 300 valence electrons. The molecule has 2 N–H and O–H groups in total. The van der Waals surface area contributed by atoms with Gasteiger partial charge in [0.1, 0.15) is 29.3 Å². The number of allylic oxidation sites excluding steroid dienone is 1.